The van der Waals surface area contributed by atoms with E-state index in [1.807, 2.05) is 39.0 Å². The van der Waals surface area contributed by atoms with E-state index in [0.29, 0.717) is 39.3 Å². The molecule has 0 amide bonds. The molecule has 0 spiro atoms. The van der Waals surface area contributed by atoms with Crippen molar-refractivity contribution in [3.8, 4) is 0 Å². The van der Waals surface area contributed by atoms with Crippen LogP contribution in [0.3, 0.4) is 0 Å². The number of Topliss-reactive ketones (excluding diaryl/α,β-unsaturated/α-hetero) is 1. The minimum absolute atomic E-state index is 0.0172. The number of hydrogen-bond donors (Lipinski definition) is 2. The van der Waals surface area contributed by atoms with Gasteiger partial charge in [0.25, 0.3) is 0 Å². The second-order valence-electron chi connectivity index (χ2n) is 11.2. The maximum atomic E-state index is 13.2. The van der Waals surface area contributed by atoms with Gasteiger partial charge >= 0.3 is 11.9 Å². The van der Waals surface area contributed by atoms with Crippen LogP contribution in [-0.2, 0) is 9.53 Å². The number of aromatic amines is 2. The largest absolute Gasteiger partial charge is 0.386 e. The molecule has 4 atom stereocenters. The molecular formula is C31H32N4O4. The van der Waals surface area contributed by atoms with Crippen LogP contribution in [0.25, 0.3) is 22.2 Å². The van der Waals surface area contributed by atoms with E-state index in [4.69, 9.17) is 14.7 Å². The van der Waals surface area contributed by atoms with E-state index in [2.05, 4.69) is 30.7 Å². The molecule has 0 unspecified atom stereocenters. The molecule has 6 heterocycles. The molecule has 6 rings (SSSR count). The summed E-state index contributed by atoms with van der Waals surface area (Å²) in [5.41, 5.74) is 8.70. The molecule has 200 valence electrons. The van der Waals surface area contributed by atoms with E-state index < -0.39 is 11.9 Å². The van der Waals surface area contributed by atoms with Crippen molar-refractivity contribution in [2.45, 2.75) is 78.6 Å². The first-order valence-corrected chi connectivity index (χ1v) is 13.6. The molecule has 4 aliphatic rings. The lowest BCUT2D eigenvalue weighted by Crippen LogP contribution is -2.21. The van der Waals surface area contributed by atoms with Crippen LogP contribution in [0, 0.1) is 6.92 Å². The van der Waals surface area contributed by atoms with Crippen LogP contribution < -0.4 is 0 Å². The van der Waals surface area contributed by atoms with Crippen LogP contribution in [0.4, 0.5) is 0 Å². The number of ketones is 1. The Kier molecular flexibility index (Phi) is 5.64. The Morgan fingerprint density at radius 3 is 2.31 bits per heavy atom. The molecule has 2 aromatic heterocycles. The molecule has 2 N–H and O–H groups in total. The van der Waals surface area contributed by atoms with Crippen molar-refractivity contribution < 1.29 is 19.1 Å². The zero-order chi connectivity index (χ0) is 27.9. The first-order valence-electron chi connectivity index (χ1n) is 13.6. The van der Waals surface area contributed by atoms with Crippen LogP contribution in [0.15, 0.2) is 18.2 Å². The van der Waals surface area contributed by atoms with Gasteiger partial charge in [-0.1, -0.05) is 27.7 Å². The Balaban J connectivity index is 1.82. The van der Waals surface area contributed by atoms with Crippen molar-refractivity contribution in [2.24, 2.45) is 0 Å². The number of ether oxygens (including phenoxy) is 1. The van der Waals surface area contributed by atoms with Gasteiger partial charge in [0.1, 0.15) is 5.56 Å². The van der Waals surface area contributed by atoms with Crippen molar-refractivity contribution in [1.82, 2.24) is 19.9 Å². The quantitative estimate of drug-likeness (QED) is 0.348. The molecule has 8 nitrogen and oxygen atoms in total. The first-order chi connectivity index (χ1) is 18.5. The second-order valence-corrected chi connectivity index (χ2v) is 11.2. The number of aryl methyl sites for hydroxylation is 1. The second kappa shape index (κ2) is 8.73. The Morgan fingerprint density at radius 1 is 0.897 bits per heavy atom. The molecule has 8 heteroatoms. The van der Waals surface area contributed by atoms with Gasteiger partial charge < -0.3 is 14.7 Å². The van der Waals surface area contributed by atoms with E-state index in [1.54, 1.807) is 6.92 Å². The molecule has 0 saturated carbocycles. The standard InChI is InChI=1S/C31H32N4O4/c1-8-18-14(4)20-11-24-25(17(7)36)15(5)21(33-24)9-19-12(2)13(3)28(34-19)27-29-26(30(37)39-31(27)38)16(6)22(35-29)10-23(18)32-20/h9-14,18,32,35H,8H2,1-7H3/t12-,13-,14+,18+/m0/s1. The van der Waals surface area contributed by atoms with Gasteiger partial charge in [-0.3, -0.25) is 9.78 Å². The number of aromatic nitrogens is 4. The highest BCUT2D eigenvalue weighted by molar-refractivity contribution is 6.27. The Bertz CT molecular complexity index is 1720. The minimum atomic E-state index is -0.693. The van der Waals surface area contributed by atoms with E-state index in [-0.39, 0.29) is 29.5 Å². The van der Waals surface area contributed by atoms with Crippen molar-refractivity contribution >= 4 is 39.9 Å². The summed E-state index contributed by atoms with van der Waals surface area (Å²) in [6.45, 7) is 13.7. The number of carbonyl (C=O) groups excluding carboxylic acids is 3. The van der Waals surface area contributed by atoms with Gasteiger partial charge in [0, 0.05) is 51.8 Å². The molecule has 39 heavy (non-hydrogen) atoms. The molecule has 0 radical (unpaired) electrons. The van der Waals surface area contributed by atoms with Crippen LogP contribution >= 0.6 is 0 Å². The average Bonchev–Trinajstić information content (AvgIpc) is 3.54. The smallest absolute Gasteiger partial charge is 0.350 e. The highest BCUT2D eigenvalue weighted by Gasteiger charge is 2.37. The van der Waals surface area contributed by atoms with E-state index in [1.165, 1.54) is 0 Å². The highest BCUT2D eigenvalue weighted by Crippen LogP contribution is 2.43. The fourth-order valence-corrected chi connectivity index (χ4v) is 6.47. The number of rotatable bonds is 2. The molecule has 0 aromatic carbocycles. The number of cyclic esters (lactones) is 2. The maximum absolute atomic E-state index is 13.2. The Hall–Kier alpha value is -4.07. The van der Waals surface area contributed by atoms with Gasteiger partial charge in [0.2, 0.25) is 0 Å². The van der Waals surface area contributed by atoms with Gasteiger partial charge in [-0.05, 0) is 56.5 Å². The molecule has 0 saturated heterocycles. The monoisotopic (exact) mass is 524 g/mol. The van der Waals surface area contributed by atoms with Crippen molar-refractivity contribution in [2.75, 3.05) is 0 Å². The lowest BCUT2D eigenvalue weighted by molar-refractivity contribution is -0.111. The average molecular weight is 525 g/mol. The number of nitrogens with zero attached hydrogens (tertiary/aromatic N) is 2. The minimum Gasteiger partial charge on any atom is -0.386 e. The summed E-state index contributed by atoms with van der Waals surface area (Å²) in [4.78, 5) is 55.6. The third-order valence-electron chi connectivity index (χ3n) is 8.99. The van der Waals surface area contributed by atoms with E-state index in [0.717, 1.165) is 40.2 Å². The molecule has 8 bridgehead atoms. The van der Waals surface area contributed by atoms with Gasteiger partial charge in [0.05, 0.1) is 28.2 Å². The fourth-order valence-electron chi connectivity index (χ4n) is 6.47. The summed E-state index contributed by atoms with van der Waals surface area (Å²) in [6, 6.07) is 5.94. The summed E-state index contributed by atoms with van der Waals surface area (Å²) in [5, 5.41) is 0. The summed E-state index contributed by atoms with van der Waals surface area (Å²) >= 11 is 0. The number of fused-ring (bicyclic) bond motifs is 8. The zero-order valence-electron chi connectivity index (χ0n) is 23.3. The topological polar surface area (TPSA) is 118 Å². The number of hydrogen-bond acceptors (Lipinski definition) is 6. The lowest BCUT2D eigenvalue weighted by Gasteiger charge is -2.15. The van der Waals surface area contributed by atoms with Crippen LogP contribution in [0.5, 0.6) is 0 Å². The predicted octanol–water partition coefficient (Wildman–Crippen LogP) is 6.38. The SMILES string of the molecule is CC[C@H]1c2cc3[nH]c4c(c5nc(cc6nc(cc([nH]2)[C@@H]1C)C(C(C)=O)=C6C)[C@@H](C)[C@@H]5C)C(=O)OC(=O)c4c3C. The Labute approximate surface area is 226 Å². The summed E-state index contributed by atoms with van der Waals surface area (Å²) in [7, 11) is 0. The lowest BCUT2D eigenvalue weighted by atomic mass is 9.88. The number of H-pyrrole nitrogens is 2. The number of nitrogens with one attached hydrogen (secondary N) is 2. The van der Waals surface area contributed by atoms with Crippen molar-refractivity contribution in [3.63, 3.8) is 0 Å². The van der Waals surface area contributed by atoms with Gasteiger partial charge in [0.15, 0.2) is 5.78 Å². The highest BCUT2D eigenvalue weighted by atomic mass is 16.6. The van der Waals surface area contributed by atoms with Gasteiger partial charge in [-0.2, -0.15) is 0 Å². The van der Waals surface area contributed by atoms with Crippen molar-refractivity contribution in [1.29, 1.82) is 0 Å². The normalized spacial score (nSPS) is 23.2. The maximum Gasteiger partial charge on any atom is 0.350 e. The summed E-state index contributed by atoms with van der Waals surface area (Å²) < 4.78 is 5.24. The van der Waals surface area contributed by atoms with E-state index >= 15 is 0 Å². The molecule has 2 aromatic rings. The predicted molar refractivity (Wildman–Crippen MR) is 148 cm³/mol. The van der Waals surface area contributed by atoms with Crippen LogP contribution in [0.2, 0.25) is 0 Å². The number of esters is 2. The zero-order valence-corrected chi connectivity index (χ0v) is 23.3. The molecule has 0 aliphatic carbocycles. The Morgan fingerprint density at radius 2 is 1.62 bits per heavy atom. The van der Waals surface area contributed by atoms with E-state index in [9.17, 15) is 14.4 Å². The molecule has 4 aliphatic heterocycles. The van der Waals surface area contributed by atoms with Gasteiger partial charge in [-0.15, -0.1) is 0 Å². The van der Waals surface area contributed by atoms with Crippen molar-refractivity contribution in [3.05, 3.63) is 69.1 Å². The number of carbonyl (C=O) groups is 3. The fraction of sp³-hybridized carbons (Fsp3) is 0.387. The third kappa shape index (κ3) is 3.61. The molecular weight excluding hydrogens is 492 g/mol. The summed E-state index contributed by atoms with van der Waals surface area (Å²) in [6.07, 6.45) is 0.894. The number of allylic oxidation sites excluding steroid dienone is 2. The molecule has 0 fully saturated rings. The van der Waals surface area contributed by atoms with Crippen LogP contribution in [-0.4, -0.2) is 37.7 Å². The first kappa shape index (κ1) is 25.2. The third-order valence-corrected chi connectivity index (χ3v) is 8.99. The summed E-state index contributed by atoms with van der Waals surface area (Å²) in [5.74, 6) is -1.14. The van der Waals surface area contributed by atoms with Gasteiger partial charge in [-0.25, -0.2) is 14.6 Å². The van der Waals surface area contributed by atoms with Crippen LogP contribution in [0.1, 0.15) is 132 Å².